The summed E-state index contributed by atoms with van der Waals surface area (Å²) in [6.45, 7) is 6.62. The van der Waals surface area contributed by atoms with Gasteiger partial charge in [0.1, 0.15) is 0 Å². The van der Waals surface area contributed by atoms with Gasteiger partial charge in [-0.2, -0.15) is 0 Å². The lowest BCUT2D eigenvalue weighted by molar-refractivity contribution is -0.131. The summed E-state index contributed by atoms with van der Waals surface area (Å²) in [4.78, 5) is 15.5. The predicted molar refractivity (Wildman–Crippen MR) is 82.0 cm³/mol. The first kappa shape index (κ1) is 15.5. The van der Waals surface area contributed by atoms with Gasteiger partial charge in [0.2, 0.25) is 5.91 Å². The highest BCUT2D eigenvalue weighted by atomic mass is 32.1. The second kappa shape index (κ2) is 8.39. The summed E-state index contributed by atoms with van der Waals surface area (Å²) in [6, 6.07) is 2.14. The summed E-state index contributed by atoms with van der Waals surface area (Å²) in [7, 11) is 0. The molecule has 20 heavy (non-hydrogen) atoms. The number of nitrogens with zero attached hydrogens (tertiary/aromatic N) is 1. The molecule has 0 radical (unpaired) electrons. The number of hydrogen-bond donors (Lipinski definition) is 1. The van der Waals surface area contributed by atoms with Gasteiger partial charge in [0, 0.05) is 31.2 Å². The number of fused-ring (bicyclic) bond motifs is 1. The minimum atomic E-state index is 0.205. The molecule has 0 atom stereocenters. The van der Waals surface area contributed by atoms with Crippen LogP contribution in [-0.4, -0.2) is 43.7 Å². The zero-order valence-corrected chi connectivity index (χ0v) is 13.0. The van der Waals surface area contributed by atoms with Gasteiger partial charge in [-0.05, 0) is 42.8 Å². The molecule has 1 amide bonds. The molecule has 0 unspecified atom stereocenters. The maximum Gasteiger partial charge on any atom is 0.236 e. The fourth-order valence-electron chi connectivity index (χ4n) is 2.31. The van der Waals surface area contributed by atoms with Crippen molar-refractivity contribution in [2.45, 2.75) is 32.7 Å². The van der Waals surface area contributed by atoms with Gasteiger partial charge >= 0.3 is 0 Å². The Morgan fingerprint density at radius 1 is 1.50 bits per heavy atom. The van der Waals surface area contributed by atoms with Gasteiger partial charge in [-0.25, -0.2) is 0 Å². The average molecular weight is 296 g/mol. The number of hydrogen-bond acceptors (Lipinski definition) is 4. The standard InChI is InChI=1S/C15H24N2O2S/c1-2-8-19-9-3-6-16-11-15(18)17-7-4-14-13(12-17)5-10-20-14/h5,10,16H,2-4,6-9,11-12H2,1H3. The normalized spacial score (nSPS) is 14.3. The lowest BCUT2D eigenvalue weighted by Gasteiger charge is -2.27. The fourth-order valence-corrected chi connectivity index (χ4v) is 3.20. The van der Waals surface area contributed by atoms with Gasteiger partial charge in [0.05, 0.1) is 6.54 Å². The molecule has 2 rings (SSSR count). The van der Waals surface area contributed by atoms with Crippen LogP contribution in [0.15, 0.2) is 11.4 Å². The number of carbonyl (C=O) groups excluding carboxylic acids is 1. The van der Waals surface area contributed by atoms with Crippen molar-refractivity contribution in [3.8, 4) is 0 Å². The minimum absolute atomic E-state index is 0.205. The van der Waals surface area contributed by atoms with Crippen LogP contribution in [0.25, 0.3) is 0 Å². The molecule has 1 aromatic heterocycles. The number of amides is 1. The van der Waals surface area contributed by atoms with Gasteiger partial charge in [0.15, 0.2) is 0 Å². The molecule has 0 fully saturated rings. The second-order valence-electron chi connectivity index (χ2n) is 5.08. The summed E-state index contributed by atoms with van der Waals surface area (Å²) in [5, 5.41) is 5.33. The molecule has 1 aromatic rings. The largest absolute Gasteiger partial charge is 0.381 e. The highest BCUT2D eigenvalue weighted by molar-refractivity contribution is 7.10. The smallest absolute Gasteiger partial charge is 0.236 e. The second-order valence-corrected chi connectivity index (χ2v) is 6.08. The third-order valence-electron chi connectivity index (χ3n) is 3.43. The summed E-state index contributed by atoms with van der Waals surface area (Å²) in [5.74, 6) is 0.205. The summed E-state index contributed by atoms with van der Waals surface area (Å²) < 4.78 is 5.40. The predicted octanol–water partition coefficient (Wildman–Crippen LogP) is 2.04. The zero-order chi connectivity index (χ0) is 14.2. The van der Waals surface area contributed by atoms with Gasteiger partial charge < -0.3 is 15.0 Å². The Morgan fingerprint density at radius 3 is 3.25 bits per heavy atom. The van der Waals surface area contributed by atoms with Crippen molar-refractivity contribution in [1.82, 2.24) is 10.2 Å². The van der Waals surface area contributed by atoms with Crippen LogP contribution >= 0.6 is 11.3 Å². The summed E-state index contributed by atoms with van der Waals surface area (Å²) in [6.07, 6.45) is 3.02. The molecule has 0 bridgehead atoms. The molecular formula is C15H24N2O2S. The van der Waals surface area contributed by atoms with Crippen molar-refractivity contribution in [3.05, 3.63) is 21.9 Å². The lowest BCUT2D eigenvalue weighted by atomic mass is 10.1. The van der Waals surface area contributed by atoms with Crippen LogP contribution in [-0.2, 0) is 22.5 Å². The van der Waals surface area contributed by atoms with Crippen LogP contribution in [0, 0.1) is 0 Å². The van der Waals surface area contributed by atoms with Crippen LogP contribution in [0.1, 0.15) is 30.2 Å². The maximum absolute atomic E-state index is 12.1. The maximum atomic E-state index is 12.1. The summed E-state index contributed by atoms with van der Waals surface area (Å²) in [5.41, 5.74) is 1.32. The van der Waals surface area contributed by atoms with Gasteiger partial charge in [-0.1, -0.05) is 6.92 Å². The third-order valence-corrected chi connectivity index (χ3v) is 4.45. The van der Waals surface area contributed by atoms with E-state index in [-0.39, 0.29) is 5.91 Å². The van der Waals surface area contributed by atoms with E-state index in [2.05, 4.69) is 23.7 Å². The van der Waals surface area contributed by atoms with E-state index < -0.39 is 0 Å². The highest BCUT2D eigenvalue weighted by Gasteiger charge is 2.20. The summed E-state index contributed by atoms with van der Waals surface area (Å²) >= 11 is 1.80. The van der Waals surface area contributed by atoms with E-state index in [0.29, 0.717) is 6.54 Å². The van der Waals surface area contributed by atoms with Gasteiger partial charge in [-0.3, -0.25) is 4.79 Å². The van der Waals surface area contributed by atoms with Gasteiger partial charge in [-0.15, -0.1) is 11.3 Å². The van der Waals surface area contributed by atoms with Crippen LogP contribution in [0.3, 0.4) is 0 Å². The van der Waals surface area contributed by atoms with E-state index >= 15 is 0 Å². The fraction of sp³-hybridized carbons (Fsp3) is 0.667. The molecule has 5 heteroatoms. The highest BCUT2D eigenvalue weighted by Crippen LogP contribution is 2.23. The number of nitrogens with one attached hydrogen (secondary N) is 1. The number of rotatable bonds is 8. The van der Waals surface area contributed by atoms with Crippen molar-refractivity contribution >= 4 is 17.2 Å². The molecule has 0 saturated carbocycles. The first-order valence-corrected chi connectivity index (χ1v) is 8.30. The van der Waals surface area contributed by atoms with Gasteiger partial charge in [0.25, 0.3) is 0 Å². The molecule has 0 spiro atoms. The molecule has 1 aliphatic rings. The van der Waals surface area contributed by atoms with Crippen molar-refractivity contribution in [3.63, 3.8) is 0 Å². The first-order valence-electron chi connectivity index (χ1n) is 7.42. The van der Waals surface area contributed by atoms with Crippen LogP contribution in [0.5, 0.6) is 0 Å². The van der Waals surface area contributed by atoms with E-state index in [1.54, 1.807) is 11.3 Å². The van der Waals surface area contributed by atoms with Crippen molar-refractivity contribution in [1.29, 1.82) is 0 Å². The Labute approximate surface area is 125 Å². The van der Waals surface area contributed by atoms with Crippen LogP contribution < -0.4 is 5.32 Å². The number of thiophene rings is 1. The molecule has 0 aliphatic carbocycles. The van der Waals surface area contributed by atoms with Crippen molar-refractivity contribution < 1.29 is 9.53 Å². The molecule has 1 N–H and O–H groups in total. The number of carbonyl (C=O) groups is 1. The van der Waals surface area contributed by atoms with Crippen LogP contribution in [0.4, 0.5) is 0 Å². The molecule has 4 nitrogen and oxygen atoms in total. The third kappa shape index (κ3) is 4.58. The van der Waals surface area contributed by atoms with E-state index in [9.17, 15) is 4.79 Å². The van der Waals surface area contributed by atoms with Crippen LogP contribution in [0.2, 0.25) is 0 Å². The molecule has 1 aliphatic heterocycles. The SMILES string of the molecule is CCCOCCCNCC(=O)N1CCc2sccc2C1. The Morgan fingerprint density at radius 2 is 2.40 bits per heavy atom. The van der Waals surface area contributed by atoms with Crippen molar-refractivity contribution in [2.75, 3.05) is 32.8 Å². The molecule has 0 aromatic carbocycles. The van der Waals surface area contributed by atoms with Crippen molar-refractivity contribution in [2.24, 2.45) is 0 Å². The monoisotopic (exact) mass is 296 g/mol. The molecule has 0 saturated heterocycles. The molecule has 2 heterocycles. The van der Waals surface area contributed by atoms with E-state index in [4.69, 9.17) is 4.74 Å². The molecular weight excluding hydrogens is 272 g/mol. The molecule has 112 valence electrons. The Balaban J connectivity index is 1.59. The minimum Gasteiger partial charge on any atom is -0.381 e. The van der Waals surface area contributed by atoms with E-state index in [0.717, 1.165) is 52.1 Å². The Bertz CT molecular complexity index is 420. The topological polar surface area (TPSA) is 41.6 Å². The van der Waals surface area contributed by atoms with E-state index in [1.165, 1.54) is 10.4 Å². The Kier molecular flexibility index (Phi) is 6.50. The zero-order valence-electron chi connectivity index (χ0n) is 12.2. The lowest BCUT2D eigenvalue weighted by Crippen LogP contribution is -2.41. The number of ether oxygens (including phenoxy) is 1. The first-order chi connectivity index (χ1) is 9.81. The quantitative estimate of drug-likeness (QED) is 0.746. The average Bonchev–Trinajstić information content (AvgIpc) is 2.93. The Hall–Kier alpha value is -0.910. The van der Waals surface area contributed by atoms with E-state index in [1.807, 2.05) is 4.90 Å².